The van der Waals surface area contributed by atoms with Crippen molar-refractivity contribution in [1.29, 1.82) is 0 Å². The number of aryl methyl sites for hydroxylation is 3. The molecule has 0 aliphatic carbocycles. The van der Waals surface area contributed by atoms with E-state index in [4.69, 9.17) is 21.7 Å². The van der Waals surface area contributed by atoms with Gasteiger partial charge in [-0.2, -0.15) is 5.10 Å². The molecule has 2 aromatic carbocycles. The third-order valence-corrected chi connectivity index (χ3v) is 6.04. The molecule has 1 N–H and O–H groups in total. The minimum Gasteiger partial charge on any atom is -0.326 e. The van der Waals surface area contributed by atoms with Gasteiger partial charge in [-0.05, 0) is 69.0 Å². The van der Waals surface area contributed by atoms with Crippen molar-refractivity contribution in [3.63, 3.8) is 0 Å². The number of carbonyl (C=O) groups excluding carboxylic acids is 1. The summed E-state index contributed by atoms with van der Waals surface area (Å²) in [5.74, 6) is -0.00471. The Bertz CT molecular complexity index is 1280. The number of halogens is 1. The quantitative estimate of drug-likeness (QED) is 0.430. The van der Waals surface area contributed by atoms with E-state index in [1.54, 1.807) is 0 Å². The number of fused-ring (bicyclic) bond motifs is 1. The second-order valence-corrected chi connectivity index (χ2v) is 8.30. The van der Waals surface area contributed by atoms with Crippen LogP contribution in [0.25, 0.3) is 16.9 Å². The molecule has 0 fully saturated rings. The molecule has 0 saturated heterocycles. The first kappa shape index (κ1) is 21.1. The molecule has 5 nitrogen and oxygen atoms in total. The molecule has 0 aliphatic rings. The van der Waals surface area contributed by atoms with Crippen molar-refractivity contribution < 1.29 is 4.79 Å². The van der Waals surface area contributed by atoms with Crippen molar-refractivity contribution in [2.45, 2.75) is 40.5 Å². The van der Waals surface area contributed by atoms with Gasteiger partial charge < -0.3 is 5.32 Å². The lowest BCUT2D eigenvalue weighted by molar-refractivity contribution is -0.116. The van der Waals surface area contributed by atoms with Gasteiger partial charge in [0.15, 0.2) is 5.65 Å². The number of nitrogens with zero attached hydrogens (tertiary/aromatic N) is 3. The Labute approximate surface area is 187 Å². The SMILES string of the molecule is Cc1cccc(NC(=O)CCc2c(C)nc3cc(-c4ccc(Cl)cc4)nn3c2C)c1C. The summed E-state index contributed by atoms with van der Waals surface area (Å²) >= 11 is 6.00. The summed E-state index contributed by atoms with van der Waals surface area (Å²) in [6.45, 7) is 8.08. The number of aromatic nitrogens is 3. The van der Waals surface area contributed by atoms with Gasteiger partial charge in [0.2, 0.25) is 5.91 Å². The summed E-state index contributed by atoms with van der Waals surface area (Å²) in [4.78, 5) is 17.3. The van der Waals surface area contributed by atoms with E-state index >= 15 is 0 Å². The van der Waals surface area contributed by atoms with Gasteiger partial charge in [-0.15, -0.1) is 0 Å². The first-order valence-corrected chi connectivity index (χ1v) is 10.7. The summed E-state index contributed by atoms with van der Waals surface area (Å²) in [5, 5.41) is 8.47. The highest BCUT2D eigenvalue weighted by Gasteiger charge is 2.15. The lowest BCUT2D eigenvalue weighted by Gasteiger charge is -2.12. The van der Waals surface area contributed by atoms with Gasteiger partial charge in [-0.25, -0.2) is 9.50 Å². The predicted molar refractivity (Wildman–Crippen MR) is 126 cm³/mol. The van der Waals surface area contributed by atoms with Crippen LogP contribution in [0.1, 0.15) is 34.5 Å². The average Bonchev–Trinajstić information content (AvgIpc) is 3.16. The number of rotatable bonds is 5. The Kier molecular flexibility index (Phi) is 5.79. The van der Waals surface area contributed by atoms with Crippen molar-refractivity contribution in [2.75, 3.05) is 5.32 Å². The fourth-order valence-corrected chi connectivity index (χ4v) is 3.91. The molecular weight excluding hydrogens is 408 g/mol. The third-order valence-electron chi connectivity index (χ3n) is 5.78. The molecule has 0 atom stereocenters. The third kappa shape index (κ3) is 4.32. The largest absolute Gasteiger partial charge is 0.326 e. The van der Waals surface area contributed by atoms with Gasteiger partial charge in [0.1, 0.15) is 0 Å². The maximum atomic E-state index is 12.6. The van der Waals surface area contributed by atoms with Crippen LogP contribution < -0.4 is 5.32 Å². The van der Waals surface area contributed by atoms with Crippen molar-refractivity contribution in [3.8, 4) is 11.3 Å². The van der Waals surface area contributed by atoms with Crippen LogP contribution in [0.5, 0.6) is 0 Å². The maximum absolute atomic E-state index is 12.6. The summed E-state index contributed by atoms with van der Waals surface area (Å²) in [5.41, 5.74) is 8.73. The van der Waals surface area contributed by atoms with E-state index in [-0.39, 0.29) is 5.91 Å². The zero-order valence-electron chi connectivity index (χ0n) is 18.2. The molecule has 4 rings (SSSR count). The first-order chi connectivity index (χ1) is 14.8. The van der Waals surface area contributed by atoms with Crippen LogP contribution in [-0.4, -0.2) is 20.5 Å². The lowest BCUT2D eigenvalue weighted by atomic mass is 10.1. The maximum Gasteiger partial charge on any atom is 0.224 e. The molecule has 0 spiro atoms. The number of anilines is 1. The molecular formula is C25H25ClN4O. The summed E-state index contributed by atoms with van der Waals surface area (Å²) < 4.78 is 1.86. The molecule has 0 aliphatic heterocycles. The van der Waals surface area contributed by atoms with Crippen molar-refractivity contribution in [3.05, 3.63) is 81.6 Å². The van der Waals surface area contributed by atoms with Crippen LogP contribution in [0.4, 0.5) is 5.69 Å². The molecule has 4 aromatic rings. The molecule has 0 radical (unpaired) electrons. The Morgan fingerprint density at radius 3 is 2.55 bits per heavy atom. The first-order valence-electron chi connectivity index (χ1n) is 10.3. The molecule has 6 heteroatoms. The van der Waals surface area contributed by atoms with Gasteiger partial charge in [-0.3, -0.25) is 4.79 Å². The Morgan fingerprint density at radius 2 is 1.81 bits per heavy atom. The number of hydrogen-bond donors (Lipinski definition) is 1. The van der Waals surface area contributed by atoms with E-state index < -0.39 is 0 Å². The number of nitrogens with one attached hydrogen (secondary N) is 1. The number of amides is 1. The fraction of sp³-hybridized carbons (Fsp3) is 0.240. The molecule has 158 valence electrons. The molecule has 0 unspecified atom stereocenters. The van der Waals surface area contributed by atoms with Gasteiger partial charge >= 0.3 is 0 Å². The highest BCUT2D eigenvalue weighted by atomic mass is 35.5. The molecule has 31 heavy (non-hydrogen) atoms. The van der Waals surface area contributed by atoms with Crippen molar-refractivity contribution >= 4 is 28.8 Å². The van der Waals surface area contributed by atoms with E-state index in [1.165, 1.54) is 0 Å². The van der Waals surface area contributed by atoms with Gasteiger partial charge in [-0.1, -0.05) is 35.9 Å². The summed E-state index contributed by atoms with van der Waals surface area (Å²) in [6.07, 6.45) is 0.987. The molecule has 2 heterocycles. The molecule has 1 amide bonds. The zero-order chi connectivity index (χ0) is 22.1. The van der Waals surface area contributed by atoms with Crippen LogP contribution in [0.3, 0.4) is 0 Å². The fourth-order valence-electron chi connectivity index (χ4n) is 3.79. The second-order valence-electron chi connectivity index (χ2n) is 7.86. The molecule has 2 aromatic heterocycles. The monoisotopic (exact) mass is 432 g/mol. The van der Waals surface area contributed by atoms with Crippen molar-refractivity contribution in [2.24, 2.45) is 0 Å². The standard InChI is InChI=1S/C25H25ClN4O/c1-15-6-5-7-22(16(15)2)28-25(31)13-12-21-17(3)27-24-14-23(29-30(24)18(21)4)19-8-10-20(26)11-9-19/h5-11,14H,12-13H2,1-4H3,(H,28,31). The minimum atomic E-state index is -0.00471. The smallest absolute Gasteiger partial charge is 0.224 e. The Morgan fingerprint density at radius 1 is 1.06 bits per heavy atom. The second kappa shape index (κ2) is 8.52. The average molecular weight is 433 g/mol. The number of benzene rings is 2. The predicted octanol–water partition coefficient (Wildman–Crippen LogP) is 5.85. The highest BCUT2D eigenvalue weighted by molar-refractivity contribution is 6.30. The van der Waals surface area contributed by atoms with Gasteiger partial charge in [0.05, 0.1) is 5.69 Å². The van der Waals surface area contributed by atoms with Crippen LogP contribution in [-0.2, 0) is 11.2 Å². The number of hydrogen-bond acceptors (Lipinski definition) is 3. The zero-order valence-corrected chi connectivity index (χ0v) is 18.9. The van der Waals surface area contributed by atoms with Crippen LogP contribution in [0, 0.1) is 27.7 Å². The summed E-state index contributed by atoms with van der Waals surface area (Å²) in [7, 11) is 0. The Hall–Kier alpha value is -3.18. The van der Waals surface area contributed by atoms with E-state index in [1.807, 2.05) is 80.7 Å². The van der Waals surface area contributed by atoms with Gasteiger partial charge in [0.25, 0.3) is 0 Å². The van der Waals surface area contributed by atoms with Gasteiger partial charge in [0, 0.05) is 40.1 Å². The minimum absolute atomic E-state index is 0.00471. The van der Waals surface area contributed by atoms with E-state index in [2.05, 4.69) is 5.32 Å². The molecule has 0 bridgehead atoms. The van der Waals surface area contributed by atoms with E-state index in [0.717, 1.165) is 50.7 Å². The summed E-state index contributed by atoms with van der Waals surface area (Å²) in [6, 6.07) is 15.5. The molecule has 0 saturated carbocycles. The van der Waals surface area contributed by atoms with E-state index in [0.29, 0.717) is 17.9 Å². The number of carbonyl (C=O) groups is 1. The van der Waals surface area contributed by atoms with Crippen LogP contribution in [0.15, 0.2) is 48.5 Å². The Balaban J connectivity index is 1.55. The normalized spacial score (nSPS) is 11.1. The van der Waals surface area contributed by atoms with Crippen LogP contribution >= 0.6 is 11.6 Å². The highest BCUT2D eigenvalue weighted by Crippen LogP contribution is 2.24. The topological polar surface area (TPSA) is 59.3 Å². The van der Waals surface area contributed by atoms with Crippen molar-refractivity contribution in [1.82, 2.24) is 14.6 Å². The lowest BCUT2D eigenvalue weighted by Crippen LogP contribution is -2.15. The van der Waals surface area contributed by atoms with E-state index in [9.17, 15) is 4.79 Å². The van der Waals surface area contributed by atoms with Crippen LogP contribution in [0.2, 0.25) is 5.02 Å².